The maximum Gasteiger partial charge on any atom is 0.460 e. The van der Waals surface area contributed by atoms with Crippen molar-refractivity contribution in [2.45, 2.75) is 68.5 Å². The molecule has 70 heavy (non-hydrogen) atoms. The first-order valence-electron chi connectivity index (χ1n) is 21.0. The van der Waals surface area contributed by atoms with Crippen LogP contribution in [0, 0.1) is 10.1 Å². The molecule has 8 nitrogen and oxygen atoms in total. The fourth-order valence-electron chi connectivity index (χ4n) is 6.64. The highest BCUT2D eigenvalue weighted by Gasteiger charge is 2.90. The Kier molecular flexibility index (Phi) is 15.9. The summed E-state index contributed by atoms with van der Waals surface area (Å²) >= 11 is 1.48. The second-order valence-corrected chi connectivity index (χ2v) is 16.8. The highest BCUT2D eigenvalue weighted by molar-refractivity contribution is 7.14. The highest BCUT2D eigenvalue weighted by Crippen LogP contribution is 2.61. The molecule has 0 aliphatic carbocycles. The van der Waals surface area contributed by atoms with E-state index >= 15 is 0 Å². The van der Waals surface area contributed by atoms with Gasteiger partial charge in [-0.15, -0.1) is 16.5 Å². The van der Waals surface area contributed by atoms with Crippen LogP contribution in [0.15, 0.2) is 107 Å². The van der Waals surface area contributed by atoms with Crippen LogP contribution in [0.4, 0.5) is 68.5 Å². The molecule has 0 atom stereocenters. The van der Waals surface area contributed by atoms with Gasteiger partial charge in [0.2, 0.25) is 0 Å². The molecule has 0 fully saturated rings. The largest absolute Gasteiger partial charge is 0.485 e. The molecule has 1 aliphatic rings. The van der Waals surface area contributed by atoms with Gasteiger partial charge in [0.05, 0.1) is 26.9 Å². The molecule has 0 unspecified atom stereocenters. The van der Waals surface area contributed by atoms with Crippen molar-refractivity contribution in [1.82, 2.24) is 5.01 Å². The van der Waals surface area contributed by atoms with Crippen LogP contribution in [0.2, 0.25) is 0 Å². The molecule has 0 spiro atoms. The zero-order valence-corrected chi connectivity index (χ0v) is 37.2. The van der Waals surface area contributed by atoms with Crippen molar-refractivity contribution in [3.8, 4) is 11.5 Å². The second-order valence-electron chi connectivity index (χ2n) is 15.7. The van der Waals surface area contributed by atoms with Gasteiger partial charge in [-0.2, -0.15) is 57.1 Å². The molecule has 372 valence electrons. The summed E-state index contributed by atoms with van der Waals surface area (Å²) in [5, 5.41) is 21.0. The number of non-ortho nitro benzene ring substituents is 1. The lowest BCUT2D eigenvalue weighted by molar-refractivity contribution is -0.440. The van der Waals surface area contributed by atoms with Crippen molar-refractivity contribution in [2.24, 2.45) is 10.3 Å². The number of nitro groups is 1. The first-order chi connectivity index (χ1) is 32.9. The molecular weight excluding hydrogens is 976 g/mol. The van der Waals surface area contributed by atoms with Gasteiger partial charge in [-0.05, 0) is 82.6 Å². The van der Waals surface area contributed by atoms with E-state index in [0.717, 1.165) is 44.1 Å². The van der Waals surface area contributed by atoms with E-state index in [-0.39, 0.29) is 17.8 Å². The third kappa shape index (κ3) is 11.6. The van der Waals surface area contributed by atoms with Gasteiger partial charge < -0.3 is 9.47 Å². The third-order valence-corrected chi connectivity index (χ3v) is 11.7. The maximum atomic E-state index is 14.3. The number of hydrogen-bond acceptors (Lipinski definition) is 7. The third-order valence-electron chi connectivity index (χ3n) is 10.6. The monoisotopic (exact) mass is 1010 g/mol. The second kappa shape index (κ2) is 21.1. The van der Waals surface area contributed by atoms with Crippen molar-refractivity contribution >= 4 is 59.2 Å². The summed E-state index contributed by atoms with van der Waals surface area (Å²) in [6, 6.07) is 26.0. The van der Waals surface area contributed by atoms with Crippen LogP contribution in [0.3, 0.4) is 0 Å². The number of nitrogens with zero attached hydrogens (tertiary/aromatic N) is 4. The topological polar surface area (TPSA) is 89.6 Å². The number of rotatable bonds is 20. The van der Waals surface area contributed by atoms with Crippen molar-refractivity contribution in [3.05, 3.63) is 150 Å². The van der Waals surface area contributed by atoms with Crippen LogP contribution in [-0.4, -0.2) is 65.5 Å². The fourth-order valence-corrected chi connectivity index (χ4v) is 7.64. The normalized spacial score (nSPS) is 14.1. The van der Waals surface area contributed by atoms with Gasteiger partial charge in [-0.25, -0.2) is 0 Å². The Bertz CT molecular complexity index is 2700. The van der Waals surface area contributed by atoms with Crippen LogP contribution < -0.4 is 9.47 Å². The molecule has 6 rings (SSSR count). The zero-order valence-electron chi connectivity index (χ0n) is 36.4. The predicted molar refractivity (Wildman–Crippen MR) is 239 cm³/mol. The van der Waals surface area contributed by atoms with E-state index < -0.39 is 53.6 Å². The number of thiophene rings is 1. The summed E-state index contributed by atoms with van der Waals surface area (Å²) in [5.41, 5.74) is 4.31. The quantitative estimate of drug-likeness (QED) is 0.0255. The molecule has 1 aliphatic heterocycles. The predicted octanol–water partition coefficient (Wildman–Crippen LogP) is 15.5. The Morgan fingerprint density at radius 1 is 0.600 bits per heavy atom. The molecule has 4 aromatic carbocycles. The maximum absolute atomic E-state index is 14.3. The lowest BCUT2D eigenvalue weighted by Gasteiger charge is -2.39. The first-order valence-corrected chi connectivity index (χ1v) is 21.8. The minimum absolute atomic E-state index is 0.0203. The van der Waals surface area contributed by atoms with Crippen molar-refractivity contribution in [2.75, 3.05) is 19.8 Å². The summed E-state index contributed by atoms with van der Waals surface area (Å²) in [5.74, 6) is -35.7. The smallest absolute Gasteiger partial charge is 0.460 e. The Morgan fingerprint density at radius 2 is 1.03 bits per heavy atom. The molecule has 0 saturated carbocycles. The number of fused-ring (bicyclic) bond motifs is 1. The van der Waals surface area contributed by atoms with Gasteiger partial charge in [-0.3, -0.25) is 15.1 Å². The van der Waals surface area contributed by atoms with Gasteiger partial charge in [0.25, 0.3) is 5.69 Å². The molecule has 0 N–H and O–H groups in total. The number of ether oxygens (including phenoxy) is 2. The van der Waals surface area contributed by atoms with E-state index in [0.29, 0.717) is 48.9 Å². The van der Waals surface area contributed by atoms with Gasteiger partial charge in [0.15, 0.2) is 11.5 Å². The summed E-state index contributed by atoms with van der Waals surface area (Å²) in [6.07, 6.45) is 1.13. The van der Waals surface area contributed by atoms with Crippen LogP contribution in [0.5, 0.6) is 11.5 Å². The Labute approximate surface area is 395 Å². The van der Waals surface area contributed by atoms with E-state index in [1.807, 2.05) is 67.6 Å². The first kappa shape index (κ1) is 52.7. The molecule has 2 heterocycles. The summed E-state index contributed by atoms with van der Waals surface area (Å²) < 4.78 is 187. The number of benzene rings is 4. The van der Waals surface area contributed by atoms with Gasteiger partial charge in [0, 0.05) is 25.1 Å². The van der Waals surface area contributed by atoms with Crippen molar-refractivity contribution < 1.29 is 71.5 Å². The number of halogens is 13. The van der Waals surface area contributed by atoms with E-state index in [2.05, 4.69) is 10.3 Å². The van der Waals surface area contributed by atoms with Crippen LogP contribution >= 0.6 is 11.3 Å². The van der Waals surface area contributed by atoms with Crippen LogP contribution in [0.1, 0.15) is 62.9 Å². The van der Waals surface area contributed by atoms with E-state index in [9.17, 15) is 67.2 Å². The molecular formula is C48H39F13N4O4S. The lowest BCUT2D eigenvalue weighted by Crippen LogP contribution is -2.70. The van der Waals surface area contributed by atoms with Gasteiger partial charge >= 0.3 is 35.8 Å². The summed E-state index contributed by atoms with van der Waals surface area (Å²) in [7, 11) is 0. The van der Waals surface area contributed by atoms with E-state index in [1.54, 1.807) is 41.4 Å². The number of alkyl halides is 13. The van der Waals surface area contributed by atoms with Crippen LogP contribution in [-0.2, 0) is 13.0 Å². The molecule has 22 heteroatoms. The lowest BCUT2D eigenvalue weighted by atomic mass is 9.91. The number of hydrogen-bond donors (Lipinski definition) is 0. The Morgan fingerprint density at radius 3 is 1.49 bits per heavy atom. The molecule has 0 radical (unpaired) electrons. The molecule has 5 aromatic rings. The fraction of sp³-hybridized carbons (Fsp3) is 0.292. The molecule has 0 saturated heterocycles. The van der Waals surface area contributed by atoms with E-state index in [1.165, 1.54) is 35.6 Å². The number of aryl methyl sites for hydroxylation is 1. The van der Waals surface area contributed by atoms with Crippen molar-refractivity contribution in [3.63, 3.8) is 0 Å². The van der Waals surface area contributed by atoms with Gasteiger partial charge in [-0.1, -0.05) is 97.1 Å². The zero-order chi connectivity index (χ0) is 51.1. The van der Waals surface area contributed by atoms with Crippen LogP contribution in [0.25, 0.3) is 36.5 Å². The Hall–Kier alpha value is -6.71. The minimum atomic E-state index is -7.93. The standard InChI is InChI=1S/C48H39F13N4O4S/c1-2-27-64(30-36-11-9-35(10-12-36)25-26-43(49,50)44(51,52)45(53,54)46(55,56)47(57,58)48(59,60)61)63-62-37-19-13-34(14-20-37)18-24-40-42-41(68-28-29-69-42)39(70-40)23-17-32-6-3-31(4-7-32)5-8-33-15-21-38(22-16-33)65(66)67/h3-24H,2,25-30H2,1H3/b8-5+,23-17+,24-18+,63-62?. The summed E-state index contributed by atoms with van der Waals surface area (Å²) in [4.78, 5) is 12.1. The van der Waals surface area contributed by atoms with Crippen molar-refractivity contribution in [1.29, 1.82) is 0 Å². The van der Waals surface area contributed by atoms with Gasteiger partial charge in [0.1, 0.15) is 13.2 Å². The molecule has 0 amide bonds. The molecule has 1 aromatic heterocycles. The average Bonchev–Trinajstić information content (AvgIpc) is 3.68. The molecule has 0 bridgehead atoms. The highest BCUT2D eigenvalue weighted by atomic mass is 32.1. The summed E-state index contributed by atoms with van der Waals surface area (Å²) in [6.45, 7) is 3.09. The average molecular weight is 1010 g/mol. The Balaban J connectivity index is 1.04. The number of nitro benzene ring substituents is 1. The van der Waals surface area contributed by atoms with E-state index in [4.69, 9.17) is 9.47 Å². The minimum Gasteiger partial charge on any atom is -0.485 e. The SMILES string of the molecule is CCCN(Cc1ccc(CCC(F)(F)C(F)(F)C(F)(F)C(F)(F)C(F)(F)C(F)(F)F)cc1)N=Nc1ccc(/C=C/c2sc(/C=C/c3ccc(/C=C/c4ccc([N+](=O)[O-])cc4)cc3)c3c2OCCO3)cc1.